The number of hydrogen-bond donors (Lipinski definition) is 2. The van der Waals surface area contributed by atoms with Crippen LogP contribution in [0.15, 0.2) is 67.5 Å². The lowest BCUT2D eigenvalue weighted by Gasteiger charge is -2.68. The summed E-state index contributed by atoms with van der Waals surface area (Å²) in [7, 11) is 0. The topological polar surface area (TPSA) is 79.3 Å². The van der Waals surface area contributed by atoms with Crippen LogP contribution in [0.4, 0.5) is 0 Å². The van der Waals surface area contributed by atoms with Crippen LogP contribution in [0, 0.1) is 76.9 Å². The molecular weight excluding hydrogens is 665 g/mol. The Labute approximate surface area is 329 Å². The number of terminal acetylenes is 2. The minimum Gasteiger partial charge on any atom is -0.478 e. The van der Waals surface area contributed by atoms with E-state index >= 15 is 0 Å². The molecule has 4 fully saturated rings. The predicted molar refractivity (Wildman–Crippen MR) is 227 cm³/mol. The quantitative estimate of drug-likeness (QED) is 0.182. The van der Waals surface area contributed by atoms with Gasteiger partial charge in [-0.15, -0.1) is 32.3 Å². The van der Waals surface area contributed by atoms with Crippen LogP contribution in [0.5, 0.6) is 0 Å². The van der Waals surface area contributed by atoms with E-state index in [4.69, 9.17) is 0 Å². The van der Waals surface area contributed by atoms with Crippen LogP contribution in [0.25, 0.3) is 5.57 Å². The van der Waals surface area contributed by atoms with Crippen LogP contribution in [-0.4, -0.2) is 22.5 Å². The van der Waals surface area contributed by atoms with Gasteiger partial charge in [0.2, 0.25) is 6.41 Å². The summed E-state index contributed by atoms with van der Waals surface area (Å²) in [5.41, 5.74) is 5.66. The lowest BCUT2D eigenvalue weighted by molar-refractivity contribution is -0.176. The third-order valence-electron chi connectivity index (χ3n) is 14.1. The number of pyridine rings is 1. The summed E-state index contributed by atoms with van der Waals surface area (Å²) in [5.74, 6) is 3.58. The molecule has 7 rings (SSSR count). The number of rotatable bonds is 5. The second-order valence-corrected chi connectivity index (χ2v) is 16.9. The van der Waals surface area contributed by atoms with E-state index in [1.54, 1.807) is 30.6 Å². The van der Waals surface area contributed by atoms with E-state index < -0.39 is 5.97 Å². The predicted octanol–water partition coefficient (Wildman–Crippen LogP) is 11.9. The number of aromatic carboxylic acids is 1. The average molecular weight is 735 g/mol. The Kier molecular flexibility index (Phi) is 17.5. The van der Waals surface area contributed by atoms with Gasteiger partial charge in [0.15, 0.2) is 0 Å². The van der Waals surface area contributed by atoms with Crippen LogP contribution >= 0.6 is 0 Å². The lowest BCUT2D eigenvalue weighted by atomic mass is 9.36. The van der Waals surface area contributed by atoms with Crippen molar-refractivity contribution < 1.29 is 14.7 Å². The zero-order valence-electron chi connectivity index (χ0n) is 34.7. The number of nitrogens with zero attached hydrogens (tertiary/aromatic N) is 1. The van der Waals surface area contributed by atoms with Gasteiger partial charge in [-0.25, -0.2) is 4.79 Å². The molecule has 5 nitrogen and oxygen atoms in total. The van der Waals surface area contributed by atoms with Gasteiger partial charge in [-0.2, -0.15) is 0 Å². The second kappa shape index (κ2) is 20.6. The molecule has 1 aromatic carbocycles. The number of carbonyl (C=O) groups excluding carboxylic acids is 1. The molecule has 5 heteroatoms. The molecule has 1 aromatic heterocycles. The molecule has 0 bridgehead atoms. The number of aromatic nitrogens is 1. The Morgan fingerprint density at radius 1 is 0.889 bits per heavy atom. The fourth-order valence-electron chi connectivity index (χ4n) is 12.1. The summed E-state index contributed by atoms with van der Waals surface area (Å²) in [6, 6.07) is 11.4. The van der Waals surface area contributed by atoms with Crippen molar-refractivity contribution in [2.75, 3.05) is 0 Å². The van der Waals surface area contributed by atoms with E-state index in [0.29, 0.717) is 40.7 Å². The summed E-state index contributed by atoms with van der Waals surface area (Å²) >= 11 is 0. The maximum absolute atomic E-state index is 11.4. The summed E-state index contributed by atoms with van der Waals surface area (Å²) < 4.78 is 0. The molecule has 5 aliphatic rings. The fraction of sp³-hybridized carbons (Fsp3) is 0.571. The molecular formula is C49H70N2O3. The van der Waals surface area contributed by atoms with Crippen molar-refractivity contribution in [1.82, 2.24) is 10.3 Å². The largest absolute Gasteiger partial charge is 0.478 e. The van der Waals surface area contributed by atoms with E-state index in [1.807, 2.05) is 45.0 Å². The van der Waals surface area contributed by atoms with Gasteiger partial charge in [0.1, 0.15) is 0 Å². The van der Waals surface area contributed by atoms with Gasteiger partial charge in [-0.1, -0.05) is 85.2 Å². The summed E-state index contributed by atoms with van der Waals surface area (Å²) in [4.78, 5) is 25.1. The van der Waals surface area contributed by atoms with E-state index in [9.17, 15) is 14.7 Å². The molecule has 5 aliphatic carbocycles. The van der Waals surface area contributed by atoms with Crippen molar-refractivity contribution >= 4 is 18.0 Å². The third kappa shape index (κ3) is 9.40. The van der Waals surface area contributed by atoms with Gasteiger partial charge < -0.3 is 10.4 Å². The van der Waals surface area contributed by atoms with Gasteiger partial charge in [-0.05, 0) is 151 Å². The molecule has 4 unspecified atom stereocenters. The Hall–Kier alpha value is -4.09. The van der Waals surface area contributed by atoms with Crippen molar-refractivity contribution in [2.24, 2.45) is 51.2 Å². The molecule has 0 spiro atoms. The van der Waals surface area contributed by atoms with Gasteiger partial charge in [-0.3, -0.25) is 9.78 Å². The number of hydrogen-bond acceptors (Lipinski definition) is 3. The number of allylic oxidation sites excluding steroid dienone is 3. The van der Waals surface area contributed by atoms with Gasteiger partial charge >= 0.3 is 5.97 Å². The van der Waals surface area contributed by atoms with Crippen molar-refractivity contribution in [3.63, 3.8) is 0 Å². The molecule has 0 aliphatic heterocycles. The fourth-order valence-corrected chi connectivity index (χ4v) is 12.1. The first-order chi connectivity index (χ1) is 25.9. The first-order valence-electron chi connectivity index (χ1n) is 20.2. The highest BCUT2D eigenvalue weighted by Crippen LogP contribution is 2.73. The average Bonchev–Trinajstić information content (AvgIpc) is 3.59. The number of carboxylic acid groups (broad SMARTS) is 1. The summed E-state index contributed by atoms with van der Waals surface area (Å²) in [5, 5.41) is 11.9. The molecule has 1 amide bonds. The molecule has 0 radical (unpaired) electrons. The maximum Gasteiger partial charge on any atom is 0.335 e. The normalized spacial score (nSPS) is 31.9. The zero-order chi connectivity index (χ0) is 40.7. The Balaban J connectivity index is 0.000000445. The van der Waals surface area contributed by atoms with Crippen molar-refractivity contribution in [3.05, 3.63) is 84.2 Å². The highest BCUT2D eigenvalue weighted by Gasteiger charge is 2.64. The Morgan fingerprint density at radius 2 is 1.54 bits per heavy atom. The number of amides is 1. The number of carboxylic acids is 1. The molecule has 1 heterocycles. The number of fused-ring (bicyclic) bond motifs is 7. The third-order valence-corrected chi connectivity index (χ3v) is 14.1. The first-order valence-corrected chi connectivity index (χ1v) is 20.2. The molecule has 8 atom stereocenters. The number of carbonyl (C=O) groups is 2. The first kappa shape index (κ1) is 46.1. The van der Waals surface area contributed by atoms with Crippen LogP contribution in [0.2, 0.25) is 0 Å². The molecule has 54 heavy (non-hydrogen) atoms. The smallest absolute Gasteiger partial charge is 0.335 e. The van der Waals surface area contributed by atoms with Crippen molar-refractivity contribution in [3.8, 4) is 25.7 Å². The van der Waals surface area contributed by atoms with E-state index in [0.717, 1.165) is 29.2 Å². The number of nitrogens with one attached hydrogen (secondary N) is 1. The summed E-state index contributed by atoms with van der Waals surface area (Å²) in [6.07, 6.45) is 38.6. The van der Waals surface area contributed by atoms with Crippen molar-refractivity contribution in [2.45, 2.75) is 126 Å². The SMILES string of the molecule is C#C.C#C.C=CC.CC.CC1(C)C(c2ccc(C(=O)O)cc2)=CC[C@@]2(C)C1CC[C@@]1(C)C3CC[C@@]4(C)CCCC4[C@H]3CCC12.O=CNCc1cccnc1. The standard InChI is InChI=1S/C33H46O2.C7H8N2O.C3H6.C2H6.2C2H2/c1-30(2)24(21-8-10-22(11-9-21)29(34)35)15-19-33(5)27(30)16-20-32(4)26-14-18-31(3)17-6-7-25(31)23(26)12-13-28(32)33;10-6-9-5-7-2-1-3-8-4-7;1-3-2;3*1-2/h8-11,15,23,25-28H,6-7,12-14,16-20H2,1-5H3,(H,34,35);1-4,6H,5H2,(H,9,10);3H,1H2,2H3;1-2H3;2*1-2H/t23-,25?,26?,27?,28?,31-,32+,33+;;;;;/m1...../s1. The minimum absolute atomic E-state index is 0.104. The van der Waals surface area contributed by atoms with Gasteiger partial charge in [0, 0.05) is 18.9 Å². The zero-order valence-corrected chi connectivity index (χ0v) is 34.7. The van der Waals surface area contributed by atoms with E-state index in [2.05, 4.69) is 83.3 Å². The van der Waals surface area contributed by atoms with Crippen molar-refractivity contribution in [1.29, 1.82) is 0 Å². The Morgan fingerprint density at radius 3 is 2.11 bits per heavy atom. The maximum atomic E-state index is 11.4. The van der Waals surface area contributed by atoms with Crippen LogP contribution in [0.3, 0.4) is 0 Å². The van der Waals surface area contributed by atoms with Crippen LogP contribution in [-0.2, 0) is 11.3 Å². The molecule has 0 saturated heterocycles. The molecule has 2 N–H and O–H groups in total. The monoisotopic (exact) mass is 735 g/mol. The lowest BCUT2D eigenvalue weighted by Crippen LogP contribution is -2.60. The molecule has 4 saturated carbocycles. The highest BCUT2D eigenvalue weighted by molar-refractivity contribution is 5.88. The molecule has 294 valence electrons. The number of benzene rings is 1. The molecule has 2 aromatic rings. The van der Waals surface area contributed by atoms with E-state index in [-0.39, 0.29) is 5.41 Å². The van der Waals surface area contributed by atoms with E-state index in [1.165, 1.54) is 75.3 Å². The van der Waals surface area contributed by atoms with Crippen LogP contribution in [0.1, 0.15) is 141 Å². The van der Waals surface area contributed by atoms with Gasteiger partial charge in [0.25, 0.3) is 0 Å². The Bertz CT molecular complexity index is 1550. The minimum atomic E-state index is -0.844. The highest BCUT2D eigenvalue weighted by atomic mass is 16.4. The second-order valence-electron chi connectivity index (χ2n) is 16.9. The summed E-state index contributed by atoms with van der Waals surface area (Å²) in [6.45, 7) is 22.8. The van der Waals surface area contributed by atoms with Gasteiger partial charge in [0.05, 0.1) is 5.56 Å². The van der Waals surface area contributed by atoms with Crippen LogP contribution < -0.4 is 5.32 Å².